The van der Waals surface area contributed by atoms with E-state index in [1.165, 1.54) is 23.5 Å². The van der Waals surface area contributed by atoms with Gasteiger partial charge in [-0.25, -0.2) is 13.6 Å². The Labute approximate surface area is 199 Å². The molecule has 0 bridgehead atoms. The molecule has 2 aliphatic rings. The van der Waals surface area contributed by atoms with Gasteiger partial charge in [-0.15, -0.1) is 11.3 Å². The van der Waals surface area contributed by atoms with E-state index >= 15 is 0 Å². The molecular formula is C22H21BrN4O3S2. The number of hydrogen-bond acceptors (Lipinski definition) is 7. The van der Waals surface area contributed by atoms with Crippen LogP contribution in [0, 0.1) is 16.7 Å². The van der Waals surface area contributed by atoms with Gasteiger partial charge in [0.1, 0.15) is 5.82 Å². The highest BCUT2D eigenvalue weighted by Crippen LogP contribution is 2.51. The molecule has 7 nitrogen and oxygen atoms in total. The van der Waals surface area contributed by atoms with Crippen LogP contribution in [0.4, 0.5) is 5.69 Å². The first kappa shape index (κ1) is 22.7. The van der Waals surface area contributed by atoms with Crippen LogP contribution in [0.3, 0.4) is 0 Å². The Hall–Kier alpha value is -2.45. The zero-order valence-corrected chi connectivity index (χ0v) is 20.6. The number of benzene rings is 1. The minimum atomic E-state index is -3.86. The third-order valence-corrected chi connectivity index (χ3v) is 8.30. The van der Waals surface area contributed by atoms with Gasteiger partial charge >= 0.3 is 0 Å². The minimum absolute atomic E-state index is 0.0165. The number of hydrogen-bond donors (Lipinski definition) is 2. The summed E-state index contributed by atoms with van der Waals surface area (Å²) in [4.78, 5) is 15.9. The Bertz CT molecular complexity index is 1330. The van der Waals surface area contributed by atoms with E-state index in [0.717, 1.165) is 14.4 Å². The van der Waals surface area contributed by atoms with Crippen molar-refractivity contribution in [2.24, 2.45) is 16.3 Å². The number of sulfonamides is 1. The lowest BCUT2D eigenvalue weighted by molar-refractivity contribution is -0.118. The average molecular weight is 533 g/mol. The summed E-state index contributed by atoms with van der Waals surface area (Å²) in [5, 5.41) is 15.3. The number of Topliss-reactive ketones (excluding diaryl/α,β-unsaturated/α-hetero) is 1. The largest absolute Gasteiger partial charge is 0.384 e. The van der Waals surface area contributed by atoms with Crippen LogP contribution >= 0.6 is 27.3 Å². The van der Waals surface area contributed by atoms with Crippen molar-refractivity contribution in [2.75, 3.05) is 4.90 Å². The molecule has 1 aliphatic carbocycles. The average Bonchev–Trinajstić information content (AvgIpc) is 3.11. The van der Waals surface area contributed by atoms with E-state index in [1.54, 1.807) is 17.0 Å². The number of nitrogens with two attached hydrogens (primary N) is 2. The number of nitrogens with zero attached hydrogens (tertiary/aromatic N) is 2. The maximum absolute atomic E-state index is 13.4. The fourth-order valence-electron chi connectivity index (χ4n) is 4.36. The Morgan fingerprint density at radius 2 is 1.84 bits per heavy atom. The first-order chi connectivity index (χ1) is 14.9. The molecular weight excluding hydrogens is 512 g/mol. The molecule has 0 saturated heterocycles. The number of ketones is 1. The van der Waals surface area contributed by atoms with E-state index in [9.17, 15) is 18.5 Å². The fourth-order valence-corrected chi connectivity index (χ4v) is 6.42. The molecule has 1 aromatic heterocycles. The number of carbonyl (C=O) groups excluding carboxylic acids is 1. The molecule has 0 saturated carbocycles. The second-order valence-electron chi connectivity index (χ2n) is 8.66. The molecule has 2 aromatic rings. The molecule has 4 N–H and O–H groups in total. The third kappa shape index (κ3) is 3.90. The summed E-state index contributed by atoms with van der Waals surface area (Å²) in [6, 6.07) is 12.0. The van der Waals surface area contributed by atoms with E-state index < -0.39 is 15.9 Å². The van der Waals surface area contributed by atoms with Crippen LogP contribution < -0.4 is 15.8 Å². The maximum Gasteiger partial charge on any atom is 0.238 e. The standard InChI is InChI=1S/C22H21BrN4O3S2/c1-22(2)9-15-20(16(28)10-22)19(17-7-8-18(23)31-17)14(11-24)21(25)27(15)12-3-5-13(6-4-12)32(26,29)30/h3-8,19H,9-10,25H2,1-2H3,(H2,26,29,30)/t19-/m1/s1. The smallest absolute Gasteiger partial charge is 0.238 e. The molecule has 0 amide bonds. The molecule has 166 valence electrons. The maximum atomic E-state index is 13.4. The lowest BCUT2D eigenvalue weighted by Gasteiger charge is -2.43. The highest BCUT2D eigenvalue weighted by molar-refractivity contribution is 9.11. The Balaban J connectivity index is 1.96. The van der Waals surface area contributed by atoms with Gasteiger partial charge in [-0.3, -0.25) is 9.69 Å². The summed E-state index contributed by atoms with van der Waals surface area (Å²) in [5.41, 5.74) is 8.42. The van der Waals surface area contributed by atoms with Crippen molar-refractivity contribution in [3.63, 3.8) is 0 Å². The SMILES string of the molecule is CC1(C)CC(=O)C2=C(C1)N(c1ccc(S(N)(=O)=O)cc1)C(N)=C(C#N)[C@@H]2c1ccc(Br)s1. The number of carbonyl (C=O) groups is 1. The van der Waals surface area contributed by atoms with Crippen molar-refractivity contribution in [3.8, 4) is 6.07 Å². The number of rotatable bonds is 3. The van der Waals surface area contributed by atoms with Crippen LogP contribution in [-0.4, -0.2) is 14.2 Å². The van der Waals surface area contributed by atoms with Crippen LogP contribution in [0.1, 0.15) is 37.5 Å². The number of allylic oxidation sites excluding steroid dienone is 3. The normalized spacial score (nSPS) is 20.9. The van der Waals surface area contributed by atoms with Crippen molar-refractivity contribution in [3.05, 3.63) is 67.7 Å². The monoisotopic (exact) mass is 532 g/mol. The summed E-state index contributed by atoms with van der Waals surface area (Å²) in [5.74, 6) is -0.318. The van der Waals surface area contributed by atoms with Crippen LogP contribution in [0.5, 0.6) is 0 Å². The number of nitriles is 1. The van der Waals surface area contributed by atoms with E-state index in [4.69, 9.17) is 10.9 Å². The van der Waals surface area contributed by atoms with Crippen LogP contribution in [0.25, 0.3) is 0 Å². The predicted molar refractivity (Wildman–Crippen MR) is 127 cm³/mol. The zero-order chi connectivity index (χ0) is 23.4. The predicted octanol–water partition coefficient (Wildman–Crippen LogP) is 4.10. The first-order valence-electron chi connectivity index (χ1n) is 9.77. The number of anilines is 1. The zero-order valence-electron chi connectivity index (χ0n) is 17.4. The lowest BCUT2D eigenvalue weighted by Crippen LogP contribution is -2.42. The van der Waals surface area contributed by atoms with Crippen molar-refractivity contribution in [1.29, 1.82) is 5.26 Å². The van der Waals surface area contributed by atoms with Crippen molar-refractivity contribution < 1.29 is 13.2 Å². The molecule has 0 radical (unpaired) electrons. The van der Waals surface area contributed by atoms with Gasteiger partial charge in [0.2, 0.25) is 10.0 Å². The second kappa shape index (κ2) is 7.85. The summed E-state index contributed by atoms with van der Waals surface area (Å²) in [6.07, 6.45) is 0.944. The van der Waals surface area contributed by atoms with Gasteiger partial charge in [0, 0.05) is 28.3 Å². The van der Waals surface area contributed by atoms with Gasteiger partial charge < -0.3 is 5.73 Å². The summed E-state index contributed by atoms with van der Waals surface area (Å²) in [7, 11) is -3.86. The third-order valence-electron chi connectivity index (χ3n) is 5.68. The van der Waals surface area contributed by atoms with Gasteiger partial charge in [-0.1, -0.05) is 13.8 Å². The Kier molecular flexibility index (Phi) is 5.57. The topological polar surface area (TPSA) is 130 Å². The van der Waals surface area contributed by atoms with Gasteiger partial charge in [0.15, 0.2) is 5.78 Å². The number of thiophene rings is 1. The van der Waals surface area contributed by atoms with E-state index in [0.29, 0.717) is 29.7 Å². The number of primary sulfonamides is 1. The van der Waals surface area contributed by atoms with Crippen molar-refractivity contribution in [2.45, 2.75) is 37.5 Å². The van der Waals surface area contributed by atoms with Crippen LogP contribution in [-0.2, 0) is 14.8 Å². The molecule has 4 rings (SSSR count). The lowest BCUT2D eigenvalue weighted by atomic mass is 9.69. The molecule has 0 fully saturated rings. The summed E-state index contributed by atoms with van der Waals surface area (Å²) >= 11 is 4.93. The molecule has 2 heterocycles. The molecule has 1 aromatic carbocycles. The second-order valence-corrected chi connectivity index (χ2v) is 12.7. The Morgan fingerprint density at radius 3 is 2.38 bits per heavy atom. The van der Waals surface area contributed by atoms with E-state index in [-0.39, 0.29) is 21.9 Å². The van der Waals surface area contributed by atoms with Gasteiger partial charge in [-0.2, -0.15) is 5.26 Å². The van der Waals surface area contributed by atoms with Gasteiger partial charge in [-0.05, 0) is 64.2 Å². The highest BCUT2D eigenvalue weighted by Gasteiger charge is 2.45. The molecule has 1 atom stereocenters. The molecule has 32 heavy (non-hydrogen) atoms. The van der Waals surface area contributed by atoms with Crippen LogP contribution in [0.2, 0.25) is 0 Å². The fraction of sp³-hybridized carbons (Fsp3) is 0.273. The van der Waals surface area contributed by atoms with Crippen molar-refractivity contribution in [1.82, 2.24) is 0 Å². The summed E-state index contributed by atoms with van der Waals surface area (Å²) in [6.45, 7) is 4.04. The molecule has 0 spiro atoms. The molecule has 0 unspecified atom stereocenters. The number of halogens is 1. The van der Waals surface area contributed by atoms with Crippen LogP contribution in [0.15, 0.2) is 67.7 Å². The first-order valence-corrected chi connectivity index (χ1v) is 12.9. The highest BCUT2D eigenvalue weighted by atomic mass is 79.9. The molecule has 1 aliphatic heterocycles. The molecule has 10 heteroatoms. The summed E-state index contributed by atoms with van der Waals surface area (Å²) < 4.78 is 24.2. The van der Waals surface area contributed by atoms with E-state index in [1.807, 2.05) is 26.0 Å². The van der Waals surface area contributed by atoms with Gasteiger partial charge in [0.05, 0.1) is 26.2 Å². The Morgan fingerprint density at radius 1 is 1.19 bits per heavy atom. The quantitative estimate of drug-likeness (QED) is 0.611. The van der Waals surface area contributed by atoms with E-state index in [2.05, 4.69) is 22.0 Å². The minimum Gasteiger partial charge on any atom is -0.384 e. The van der Waals surface area contributed by atoms with Gasteiger partial charge in [0.25, 0.3) is 0 Å². The van der Waals surface area contributed by atoms with Crippen molar-refractivity contribution >= 4 is 48.8 Å².